The number of aromatic nitrogens is 1. The van der Waals surface area contributed by atoms with Crippen LogP contribution in [0.1, 0.15) is 89.8 Å². The molecule has 1 aromatic heterocycles. The molecule has 2 aliphatic carbocycles. The predicted molar refractivity (Wildman–Crippen MR) is 121 cm³/mol. The highest BCUT2D eigenvalue weighted by molar-refractivity contribution is 5.73. The normalized spacial score (nSPS) is 24.0. The minimum Gasteiger partial charge on any atom is -0.471 e. The van der Waals surface area contributed by atoms with Crippen molar-refractivity contribution in [2.45, 2.75) is 103 Å². The third-order valence-electron chi connectivity index (χ3n) is 6.91. The summed E-state index contributed by atoms with van der Waals surface area (Å²) in [6, 6.07) is 2.14. The summed E-state index contributed by atoms with van der Waals surface area (Å²) in [6.07, 6.45) is 9.79. The first-order valence-corrected chi connectivity index (χ1v) is 12.0. The lowest BCUT2D eigenvalue weighted by Crippen LogP contribution is -2.52. The number of carbonyl (C=O) groups excluding carboxylic acids is 1. The fraction of sp³-hybridized carbons (Fsp3) is 0.760. The molecule has 1 amide bonds. The van der Waals surface area contributed by atoms with Crippen molar-refractivity contribution in [3.8, 4) is 5.88 Å². The van der Waals surface area contributed by atoms with E-state index in [-0.39, 0.29) is 29.0 Å². The molecule has 3 aliphatic rings. The highest BCUT2D eigenvalue weighted by atomic mass is 16.5. The molecule has 6 heteroatoms. The molecular formula is C25H39N3O3. The second-order valence-electron chi connectivity index (χ2n) is 11.3. The summed E-state index contributed by atoms with van der Waals surface area (Å²) in [5.74, 6) is 1.30. The number of nitrogens with zero attached hydrogens (tertiary/aromatic N) is 1. The van der Waals surface area contributed by atoms with Crippen LogP contribution < -0.4 is 15.4 Å². The number of aliphatic hydroxyl groups excluding tert-OH is 1. The monoisotopic (exact) mass is 429 g/mol. The highest BCUT2D eigenvalue weighted by Crippen LogP contribution is 2.48. The van der Waals surface area contributed by atoms with Gasteiger partial charge in [0.15, 0.2) is 0 Å². The number of hydrogen-bond donors (Lipinski definition) is 3. The van der Waals surface area contributed by atoms with Crippen molar-refractivity contribution in [3.63, 3.8) is 0 Å². The fourth-order valence-corrected chi connectivity index (χ4v) is 5.04. The summed E-state index contributed by atoms with van der Waals surface area (Å²) in [7, 11) is 0. The van der Waals surface area contributed by atoms with Crippen molar-refractivity contribution < 1.29 is 14.6 Å². The Kier molecular flexibility index (Phi) is 6.32. The Balaban J connectivity index is 1.48. The quantitative estimate of drug-likeness (QED) is 0.587. The van der Waals surface area contributed by atoms with Gasteiger partial charge in [-0.05, 0) is 55.1 Å². The molecule has 172 valence electrons. The maximum absolute atomic E-state index is 11.6. The SMILES string of the molecule is CC(=O)N[C@@H](CC1CC1)[C@H](O)CN[C@H]1CC2(CCC2)Oc2ncc(CC(C)(C)C)cc21. The first-order chi connectivity index (χ1) is 14.6. The number of carbonyl (C=O) groups is 1. The predicted octanol–water partition coefficient (Wildman–Crippen LogP) is 3.67. The molecule has 2 saturated carbocycles. The molecule has 0 aromatic carbocycles. The largest absolute Gasteiger partial charge is 0.471 e. The van der Waals surface area contributed by atoms with Crippen molar-refractivity contribution >= 4 is 5.91 Å². The number of amides is 1. The maximum Gasteiger partial charge on any atom is 0.218 e. The number of pyridine rings is 1. The molecule has 0 unspecified atom stereocenters. The van der Waals surface area contributed by atoms with Gasteiger partial charge in [0.1, 0.15) is 5.60 Å². The van der Waals surface area contributed by atoms with Gasteiger partial charge in [-0.3, -0.25) is 4.79 Å². The van der Waals surface area contributed by atoms with E-state index >= 15 is 0 Å². The number of ether oxygens (including phenoxy) is 1. The lowest BCUT2D eigenvalue weighted by atomic mass is 9.73. The number of fused-ring (bicyclic) bond motifs is 1. The molecule has 2 heterocycles. The molecule has 0 radical (unpaired) electrons. The van der Waals surface area contributed by atoms with Gasteiger partial charge in [-0.15, -0.1) is 0 Å². The third kappa shape index (κ3) is 5.78. The van der Waals surface area contributed by atoms with Crippen LogP contribution in [0.3, 0.4) is 0 Å². The summed E-state index contributed by atoms with van der Waals surface area (Å²) in [5.41, 5.74) is 2.40. The summed E-state index contributed by atoms with van der Waals surface area (Å²) >= 11 is 0. The Morgan fingerprint density at radius 3 is 2.68 bits per heavy atom. The van der Waals surface area contributed by atoms with Crippen LogP contribution in [0, 0.1) is 11.3 Å². The van der Waals surface area contributed by atoms with Crippen LogP contribution >= 0.6 is 0 Å². The molecule has 31 heavy (non-hydrogen) atoms. The van der Waals surface area contributed by atoms with Crippen LogP contribution in [-0.4, -0.2) is 40.3 Å². The van der Waals surface area contributed by atoms with E-state index in [1.807, 2.05) is 6.20 Å². The van der Waals surface area contributed by atoms with Gasteiger partial charge in [-0.2, -0.15) is 0 Å². The van der Waals surface area contributed by atoms with Crippen LogP contribution in [0.5, 0.6) is 5.88 Å². The molecule has 2 fully saturated rings. The molecule has 0 saturated heterocycles. The van der Waals surface area contributed by atoms with E-state index in [2.05, 4.69) is 37.5 Å². The number of nitrogens with one attached hydrogen (secondary N) is 2. The average molecular weight is 430 g/mol. The summed E-state index contributed by atoms with van der Waals surface area (Å²) < 4.78 is 6.37. The van der Waals surface area contributed by atoms with Crippen LogP contribution in [0.25, 0.3) is 0 Å². The van der Waals surface area contributed by atoms with Crippen molar-refractivity contribution in [2.75, 3.05) is 6.54 Å². The van der Waals surface area contributed by atoms with Gasteiger partial charge in [-0.25, -0.2) is 4.98 Å². The van der Waals surface area contributed by atoms with E-state index in [4.69, 9.17) is 9.72 Å². The van der Waals surface area contributed by atoms with E-state index < -0.39 is 6.10 Å². The number of rotatable bonds is 8. The topological polar surface area (TPSA) is 83.5 Å². The van der Waals surface area contributed by atoms with Crippen molar-refractivity contribution in [2.24, 2.45) is 11.3 Å². The molecule has 3 atom stereocenters. The highest BCUT2D eigenvalue weighted by Gasteiger charge is 2.46. The maximum atomic E-state index is 11.6. The van der Waals surface area contributed by atoms with E-state index in [9.17, 15) is 9.90 Å². The van der Waals surface area contributed by atoms with Gasteiger partial charge in [0.2, 0.25) is 11.8 Å². The van der Waals surface area contributed by atoms with E-state index in [1.165, 1.54) is 31.7 Å². The molecule has 6 nitrogen and oxygen atoms in total. The minimum atomic E-state index is -0.612. The number of hydrogen-bond acceptors (Lipinski definition) is 5. The second kappa shape index (κ2) is 8.70. The van der Waals surface area contributed by atoms with Crippen LogP contribution in [0.15, 0.2) is 12.3 Å². The van der Waals surface area contributed by atoms with Crippen LogP contribution in [0.4, 0.5) is 0 Å². The Morgan fingerprint density at radius 2 is 2.10 bits per heavy atom. The summed E-state index contributed by atoms with van der Waals surface area (Å²) in [6.45, 7) is 8.68. The minimum absolute atomic E-state index is 0.0782. The summed E-state index contributed by atoms with van der Waals surface area (Å²) in [5, 5.41) is 17.5. The zero-order chi connectivity index (χ0) is 22.2. The van der Waals surface area contributed by atoms with Gasteiger partial charge in [0.05, 0.1) is 12.1 Å². The molecule has 4 rings (SSSR count). The van der Waals surface area contributed by atoms with Gasteiger partial charge < -0.3 is 20.5 Å². The average Bonchev–Trinajstić information content (AvgIpc) is 3.46. The van der Waals surface area contributed by atoms with Gasteiger partial charge in [0, 0.05) is 37.7 Å². The van der Waals surface area contributed by atoms with Gasteiger partial charge in [-0.1, -0.05) is 33.6 Å². The van der Waals surface area contributed by atoms with Gasteiger partial charge >= 0.3 is 0 Å². The number of aliphatic hydroxyl groups is 1. The first-order valence-electron chi connectivity index (χ1n) is 12.0. The molecule has 3 N–H and O–H groups in total. The Morgan fingerprint density at radius 1 is 1.35 bits per heavy atom. The van der Waals surface area contributed by atoms with Crippen molar-refractivity contribution in [1.82, 2.24) is 15.6 Å². The first kappa shape index (κ1) is 22.5. The molecule has 1 aliphatic heterocycles. The molecule has 1 aromatic rings. The smallest absolute Gasteiger partial charge is 0.218 e. The van der Waals surface area contributed by atoms with Gasteiger partial charge in [0.25, 0.3) is 0 Å². The van der Waals surface area contributed by atoms with E-state index in [0.29, 0.717) is 12.5 Å². The lowest BCUT2D eigenvalue weighted by molar-refractivity contribution is -0.120. The van der Waals surface area contributed by atoms with Crippen molar-refractivity contribution in [1.29, 1.82) is 0 Å². The zero-order valence-corrected chi connectivity index (χ0v) is 19.5. The zero-order valence-electron chi connectivity index (χ0n) is 19.5. The van der Waals surface area contributed by atoms with Crippen molar-refractivity contribution in [3.05, 3.63) is 23.4 Å². The Labute approximate surface area is 186 Å². The Hall–Kier alpha value is -1.66. The molecule has 1 spiro atoms. The Bertz CT molecular complexity index is 796. The van der Waals surface area contributed by atoms with E-state index in [0.717, 1.165) is 43.5 Å². The molecular weight excluding hydrogens is 390 g/mol. The summed E-state index contributed by atoms with van der Waals surface area (Å²) in [4.78, 5) is 16.3. The van der Waals surface area contributed by atoms with Crippen LogP contribution in [-0.2, 0) is 11.2 Å². The second-order valence-corrected chi connectivity index (χ2v) is 11.3. The van der Waals surface area contributed by atoms with Crippen LogP contribution in [0.2, 0.25) is 0 Å². The third-order valence-corrected chi connectivity index (χ3v) is 6.91. The standard InChI is InChI=1S/C25H39N3O3/c1-16(29)28-20(11-17-6-7-17)22(30)15-26-21-13-25(8-5-9-25)31-23-19(21)10-18(14-27-23)12-24(2,3)4/h10,14,17,20-22,26,30H,5-9,11-13,15H2,1-4H3,(H,28,29)/t20-,21-,22+/m0/s1. The molecule has 0 bridgehead atoms. The lowest BCUT2D eigenvalue weighted by Gasteiger charge is -2.47. The fourth-order valence-electron chi connectivity index (χ4n) is 5.04. The van der Waals surface area contributed by atoms with E-state index in [1.54, 1.807) is 0 Å².